The molecule has 5 heteroatoms. The maximum Gasteiger partial charge on any atom is 0.525 e. The third-order valence-electron chi connectivity index (χ3n) is 5.45. The Labute approximate surface area is 138 Å². The first kappa shape index (κ1) is 16.7. The van der Waals surface area contributed by atoms with Crippen LogP contribution in [0.2, 0.25) is 0 Å². The van der Waals surface area contributed by atoms with Gasteiger partial charge in [-0.2, -0.15) is 0 Å². The van der Waals surface area contributed by atoms with Crippen LogP contribution in [0.1, 0.15) is 58.9 Å². The van der Waals surface area contributed by atoms with Gasteiger partial charge in [-0.25, -0.2) is 4.39 Å². The number of pyridine rings is 1. The van der Waals surface area contributed by atoms with Gasteiger partial charge in [0.2, 0.25) is 0 Å². The van der Waals surface area contributed by atoms with Gasteiger partial charge in [0.15, 0.2) is 0 Å². The Morgan fingerprint density at radius 1 is 1.17 bits per heavy atom. The van der Waals surface area contributed by atoms with Crippen LogP contribution in [-0.2, 0) is 9.31 Å². The second kappa shape index (κ2) is 6.02. The molecule has 23 heavy (non-hydrogen) atoms. The Balaban J connectivity index is 1.99. The SMILES string of the molecule is CC1(C)OB(C(F)=C(c2cccnc2)C2CCCC2)OC1(C)C. The molecule has 0 unspecified atom stereocenters. The molecule has 1 aliphatic carbocycles. The van der Waals surface area contributed by atoms with Crippen molar-refractivity contribution in [3.63, 3.8) is 0 Å². The molecule has 0 radical (unpaired) electrons. The van der Waals surface area contributed by atoms with Gasteiger partial charge in [-0.1, -0.05) is 18.9 Å². The van der Waals surface area contributed by atoms with Crippen LogP contribution in [-0.4, -0.2) is 23.3 Å². The zero-order valence-electron chi connectivity index (χ0n) is 14.4. The fraction of sp³-hybridized carbons (Fsp3) is 0.611. The van der Waals surface area contributed by atoms with E-state index in [0.717, 1.165) is 31.2 Å². The fourth-order valence-corrected chi connectivity index (χ4v) is 3.38. The number of hydrogen-bond acceptors (Lipinski definition) is 3. The standard InChI is InChI=1S/C18H25BFNO2/c1-17(2)18(3,4)23-19(22-17)16(20)15(13-8-5-6-9-13)14-10-7-11-21-12-14/h7,10-13H,5-6,8-9H2,1-4H3. The van der Waals surface area contributed by atoms with E-state index >= 15 is 4.39 Å². The lowest BCUT2D eigenvalue weighted by Gasteiger charge is -2.32. The van der Waals surface area contributed by atoms with E-state index in [1.807, 2.05) is 39.8 Å². The molecule has 1 aromatic heterocycles. The Morgan fingerprint density at radius 3 is 2.30 bits per heavy atom. The highest BCUT2D eigenvalue weighted by Crippen LogP contribution is 2.44. The first-order valence-corrected chi connectivity index (χ1v) is 8.47. The van der Waals surface area contributed by atoms with E-state index in [9.17, 15) is 0 Å². The predicted octanol–water partition coefficient (Wildman–Crippen LogP) is 4.58. The smallest absolute Gasteiger partial charge is 0.398 e. The summed E-state index contributed by atoms with van der Waals surface area (Å²) < 4.78 is 27.2. The summed E-state index contributed by atoms with van der Waals surface area (Å²) in [7, 11) is -0.934. The molecule has 0 bridgehead atoms. The van der Waals surface area contributed by atoms with Crippen LogP contribution in [0.25, 0.3) is 5.57 Å². The molecule has 124 valence electrons. The molecule has 2 fully saturated rings. The number of hydrogen-bond donors (Lipinski definition) is 0. The predicted molar refractivity (Wildman–Crippen MR) is 90.3 cm³/mol. The van der Waals surface area contributed by atoms with Crippen molar-refractivity contribution in [1.82, 2.24) is 4.98 Å². The maximum atomic E-state index is 15.4. The van der Waals surface area contributed by atoms with Crippen LogP contribution in [0.5, 0.6) is 0 Å². The van der Waals surface area contributed by atoms with Gasteiger partial charge in [0, 0.05) is 12.4 Å². The Morgan fingerprint density at radius 2 is 1.78 bits per heavy atom. The van der Waals surface area contributed by atoms with Crippen LogP contribution in [0.4, 0.5) is 4.39 Å². The van der Waals surface area contributed by atoms with Gasteiger partial charge >= 0.3 is 7.12 Å². The van der Waals surface area contributed by atoms with Crippen molar-refractivity contribution in [2.24, 2.45) is 5.92 Å². The second-order valence-electron chi connectivity index (χ2n) is 7.57. The lowest BCUT2D eigenvalue weighted by molar-refractivity contribution is 0.00578. The summed E-state index contributed by atoms with van der Waals surface area (Å²) in [5.74, 6) is 0.221. The average Bonchev–Trinajstić information content (AvgIpc) is 3.07. The molecule has 3 nitrogen and oxygen atoms in total. The van der Waals surface area contributed by atoms with Gasteiger partial charge < -0.3 is 9.31 Å². The van der Waals surface area contributed by atoms with Crippen LogP contribution >= 0.6 is 0 Å². The van der Waals surface area contributed by atoms with Crippen LogP contribution in [0, 0.1) is 5.92 Å². The summed E-state index contributed by atoms with van der Waals surface area (Å²) >= 11 is 0. The minimum atomic E-state index is -0.934. The molecule has 1 saturated heterocycles. The highest BCUT2D eigenvalue weighted by Gasteiger charge is 2.54. The van der Waals surface area contributed by atoms with E-state index in [1.165, 1.54) is 0 Å². The molecular formula is C18H25BFNO2. The highest BCUT2D eigenvalue weighted by atomic mass is 19.1. The Kier molecular flexibility index (Phi) is 4.36. The molecule has 0 aromatic carbocycles. The van der Waals surface area contributed by atoms with E-state index < -0.39 is 18.3 Å². The zero-order valence-corrected chi connectivity index (χ0v) is 14.4. The number of aromatic nitrogens is 1. The normalized spacial score (nSPS) is 24.8. The number of nitrogens with zero attached hydrogens (tertiary/aromatic N) is 1. The van der Waals surface area contributed by atoms with Crippen molar-refractivity contribution in [1.29, 1.82) is 0 Å². The van der Waals surface area contributed by atoms with Gasteiger partial charge in [-0.3, -0.25) is 4.98 Å². The van der Waals surface area contributed by atoms with Crippen LogP contribution < -0.4 is 0 Å². The maximum absolute atomic E-state index is 15.4. The van der Waals surface area contributed by atoms with E-state index in [4.69, 9.17) is 9.31 Å². The number of rotatable bonds is 3. The third-order valence-corrected chi connectivity index (χ3v) is 5.45. The van der Waals surface area contributed by atoms with E-state index in [-0.39, 0.29) is 11.6 Å². The fourth-order valence-electron chi connectivity index (χ4n) is 3.38. The molecular weight excluding hydrogens is 292 g/mol. The van der Waals surface area contributed by atoms with Gasteiger partial charge in [0.1, 0.15) is 5.73 Å². The molecule has 0 atom stereocenters. The quantitative estimate of drug-likeness (QED) is 0.765. The van der Waals surface area contributed by atoms with Crippen molar-refractivity contribution in [3.8, 4) is 0 Å². The Bertz CT molecular complexity index is 578. The third kappa shape index (κ3) is 3.09. The lowest BCUT2D eigenvalue weighted by atomic mass is 9.78. The van der Waals surface area contributed by atoms with Crippen LogP contribution in [0.3, 0.4) is 0 Å². The molecule has 3 rings (SSSR count). The van der Waals surface area contributed by atoms with Crippen molar-refractivity contribution in [2.75, 3.05) is 0 Å². The lowest BCUT2D eigenvalue weighted by Crippen LogP contribution is -2.41. The van der Waals surface area contributed by atoms with Gasteiger partial charge in [-0.05, 0) is 63.7 Å². The van der Waals surface area contributed by atoms with Crippen molar-refractivity contribution >= 4 is 12.7 Å². The average molecular weight is 317 g/mol. The summed E-state index contributed by atoms with van der Waals surface area (Å²) in [6, 6.07) is 3.77. The van der Waals surface area contributed by atoms with Gasteiger partial charge in [0.05, 0.1) is 11.2 Å². The minimum absolute atomic E-state index is 0.221. The van der Waals surface area contributed by atoms with Crippen molar-refractivity contribution in [2.45, 2.75) is 64.6 Å². The molecule has 0 N–H and O–H groups in total. The molecule has 0 amide bonds. The van der Waals surface area contributed by atoms with Gasteiger partial charge in [-0.15, -0.1) is 0 Å². The molecule has 2 heterocycles. The van der Waals surface area contributed by atoms with Crippen molar-refractivity contribution < 1.29 is 13.7 Å². The largest absolute Gasteiger partial charge is 0.525 e. The first-order valence-electron chi connectivity index (χ1n) is 8.47. The van der Waals surface area contributed by atoms with E-state index in [2.05, 4.69) is 4.98 Å². The first-order chi connectivity index (χ1) is 10.8. The molecule has 1 aromatic rings. The molecule has 1 saturated carbocycles. The molecule has 2 aliphatic rings. The van der Waals surface area contributed by atoms with Crippen LogP contribution in [0.15, 0.2) is 30.3 Å². The summed E-state index contributed by atoms with van der Waals surface area (Å²) in [6.45, 7) is 7.78. The zero-order chi connectivity index (χ0) is 16.7. The highest BCUT2D eigenvalue weighted by molar-refractivity contribution is 6.55. The van der Waals surface area contributed by atoms with Crippen molar-refractivity contribution in [3.05, 3.63) is 35.8 Å². The van der Waals surface area contributed by atoms with E-state index in [0.29, 0.717) is 5.57 Å². The minimum Gasteiger partial charge on any atom is -0.398 e. The van der Waals surface area contributed by atoms with E-state index in [1.54, 1.807) is 12.4 Å². The second-order valence-corrected chi connectivity index (χ2v) is 7.57. The summed E-state index contributed by atoms with van der Waals surface area (Å²) in [4.78, 5) is 4.16. The Hall–Kier alpha value is -1.20. The van der Waals surface area contributed by atoms with Gasteiger partial charge in [0.25, 0.3) is 0 Å². The monoisotopic (exact) mass is 317 g/mol. The topological polar surface area (TPSA) is 31.4 Å². The number of allylic oxidation sites excluding steroid dienone is 1. The number of halogens is 1. The molecule has 1 aliphatic heterocycles. The summed E-state index contributed by atoms with van der Waals surface area (Å²) in [6.07, 6.45) is 7.76. The summed E-state index contributed by atoms with van der Waals surface area (Å²) in [5.41, 5.74) is 0.194. The molecule has 0 spiro atoms. The summed E-state index contributed by atoms with van der Waals surface area (Å²) in [5, 5.41) is 0.